The minimum atomic E-state index is -0.798. The van der Waals surface area contributed by atoms with Gasteiger partial charge < -0.3 is 10.0 Å². The smallest absolute Gasteiger partial charge is 0.308 e. The first-order chi connectivity index (χ1) is 10.5. The number of anilines is 1. The number of aryl methyl sites for hydroxylation is 1. The normalized spacial score (nSPS) is 17.7. The lowest BCUT2D eigenvalue weighted by atomic mass is 10.1. The minimum absolute atomic E-state index is 0.398. The Morgan fingerprint density at radius 3 is 2.95 bits per heavy atom. The van der Waals surface area contributed by atoms with Gasteiger partial charge in [-0.1, -0.05) is 11.6 Å². The summed E-state index contributed by atoms with van der Waals surface area (Å²) in [6.07, 6.45) is 2.08. The highest BCUT2D eigenvalue weighted by atomic mass is 35.5. The van der Waals surface area contributed by atoms with Crippen molar-refractivity contribution in [1.82, 2.24) is 4.98 Å². The van der Waals surface area contributed by atoms with Gasteiger partial charge in [0.2, 0.25) is 0 Å². The van der Waals surface area contributed by atoms with E-state index in [1.165, 1.54) is 6.20 Å². The lowest BCUT2D eigenvalue weighted by Gasteiger charge is -2.22. The molecular weight excluding hydrogens is 302 g/mol. The van der Waals surface area contributed by atoms with E-state index < -0.39 is 11.9 Å². The van der Waals surface area contributed by atoms with Gasteiger partial charge in [-0.25, -0.2) is 0 Å². The SMILES string of the molecule is Cc1cc(Cl)c2ncc(C#N)c(N3CCC(C(=O)O)C3)c2c1. The molecule has 0 spiro atoms. The maximum atomic E-state index is 11.2. The van der Waals surface area contributed by atoms with Gasteiger partial charge in [-0.3, -0.25) is 9.78 Å². The molecule has 0 aliphatic carbocycles. The molecule has 0 radical (unpaired) electrons. The molecule has 0 bridgehead atoms. The number of fused-ring (bicyclic) bond motifs is 1. The van der Waals surface area contributed by atoms with E-state index in [4.69, 9.17) is 11.6 Å². The number of benzene rings is 1. The second kappa shape index (κ2) is 5.47. The Morgan fingerprint density at radius 1 is 1.55 bits per heavy atom. The zero-order valence-corrected chi connectivity index (χ0v) is 12.8. The summed E-state index contributed by atoms with van der Waals surface area (Å²) < 4.78 is 0. The Bertz CT molecular complexity index is 813. The third-order valence-corrected chi connectivity index (χ3v) is 4.30. The maximum Gasteiger partial charge on any atom is 0.308 e. The van der Waals surface area contributed by atoms with Gasteiger partial charge in [0.05, 0.1) is 27.7 Å². The molecule has 5 nitrogen and oxygen atoms in total. The number of rotatable bonds is 2. The molecule has 1 aromatic heterocycles. The number of aromatic nitrogens is 1. The molecule has 1 aromatic carbocycles. The number of hydrogen-bond donors (Lipinski definition) is 1. The third-order valence-electron chi connectivity index (χ3n) is 4.01. The van der Waals surface area contributed by atoms with E-state index in [1.807, 2.05) is 24.0 Å². The van der Waals surface area contributed by atoms with Crippen molar-refractivity contribution in [2.24, 2.45) is 5.92 Å². The molecule has 1 N–H and O–H groups in total. The summed E-state index contributed by atoms with van der Waals surface area (Å²) in [5.41, 5.74) is 2.80. The molecule has 6 heteroatoms. The van der Waals surface area contributed by atoms with Gasteiger partial charge in [-0.05, 0) is 31.0 Å². The standard InChI is InChI=1S/C16H14ClN3O2/c1-9-4-12-14(13(17)5-9)19-7-11(6-18)15(12)20-3-2-10(8-20)16(21)22/h4-5,7,10H,2-3,8H2,1H3,(H,21,22). The zero-order valence-electron chi connectivity index (χ0n) is 12.0. The van der Waals surface area contributed by atoms with Gasteiger partial charge in [0, 0.05) is 24.7 Å². The summed E-state index contributed by atoms with van der Waals surface area (Å²) in [6.45, 7) is 2.93. The van der Waals surface area contributed by atoms with E-state index in [-0.39, 0.29) is 0 Å². The molecule has 2 heterocycles. The topological polar surface area (TPSA) is 77.2 Å². The van der Waals surface area contributed by atoms with E-state index in [0.29, 0.717) is 35.6 Å². The number of hydrogen-bond acceptors (Lipinski definition) is 4. The van der Waals surface area contributed by atoms with Crippen LogP contribution < -0.4 is 4.90 Å². The lowest BCUT2D eigenvalue weighted by molar-refractivity contribution is -0.140. The van der Waals surface area contributed by atoms with E-state index in [0.717, 1.165) is 16.6 Å². The quantitative estimate of drug-likeness (QED) is 0.921. The van der Waals surface area contributed by atoms with Crippen molar-refractivity contribution in [2.75, 3.05) is 18.0 Å². The molecule has 1 unspecified atom stereocenters. The first-order valence-corrected chi connectivity index (χ1v) is 7.35. The highest BCUT2D eigenvalue weighted by molar-refractivity contribution is 6.35. The predicted molar refractivity (Wildman–Crippen MR) is 84.2 cm³/mol. The van der Waals surface area contributed by atoms with Crippen molar-refractivity contribution >= 4 is 34.2 Å². The molecule has 1 fully saturated rings. The van der Waals surface area contributed by atoms with Gasteiger partial charge in [0.15, 0.2) is 0 Å². The van der Waals surface area contributed by atoms with Crippen molar-refractivity contribution in [3.8, 4) is 6.07 Å². The van der Waals surface area contributed by atoms with Crippen LogP contribution in [-0.2, 0) is 4.79 Å². The lowest BCUT2D eigenvalue weighted by Crippen LogP contribution is -2.23. The molecule has 22 heavy (non-hydrogen) atoms. The number of halogens is 1. The van der Waals surface area contributed by atoms with Crippen LogP contribution in [0.25, 0.3) is 10.9 Å². The Kier molecular flexibility index (Phi) is 3.63. The fourth-order valence-electron chi connectivity index (χ4n) is 2.97. The first-order valence-electron chi connectivity index (χ1n) is 6.98. The van der Waals surface area contributed by atoms with Crippen LogP contribution in [0, 0.1) is 24.2 Å². The Balaban J connectivity index is 2.19. The number of aliphatic carboxylic acids is 1. The summed E-state index contributed by atoms with van der Waals surface area (Å²) in [5.74, 6) is -1.20. The molecule has 0 amide bonds. The van der Waals surface area contributed by atoms with Crippen LogP contribution >= 0.6 is 11.6 Å². The number of pyridine rings is 1. The molecule has 1 saturated heterocycles. The monoisotopic (exact) mass is 315 g/mol. The van der Waals surface area contributed by atoms with Crippen LogP contribution in [0.3, 0.4) is 0 Å². The average Bonchev–Trinajstić information content (AvgIpc) is 2.95. The average molecular weight is 316 g/mol. The summed E-state index contributed by atoms with van der Waals surface area (Å²) in [7, 11) is 0. The van der Waals surface area contributed by atoms with Gasteiger partial charge >= 0.3 is 5.97 Å². The van der Waals surface area contributed by atoms with Crippen LogP contribution in [-0.4, -0.2) is 29.1 Å². The largest absolute Gasteiger partial charge is 0.481 e. The van der Waals surface area contributed by atoms with Gasteiger partial charge in [0.25, 0.3) is 0 Å². The van der Waals surface area contributed by atoms with Crippen LogP contribution in [0.1, 0.15) is 17.5 Å². The second-order valence-corrected chi connectivity index (χ2v) is 5.95. The predicted octanol–water partition coefficient (Wildman–Crippen LogP) is 2.98. The highest BCUT2D eigenvalue weighted by Gasteiger charge is 2.30. The summed E-state index contributed by atoms with van der Waals surface area (Å²) in [6, 6.07) is 5.93. The van der Waals surface area contributed by atoms with Crippen LogP contribution in [0.4, 0.5) is 5.69 Å². The van der Waals surface area contributed by atoms with Crippen LogP contribution in [0.5, 0.6) is 0 Å². The maximum absolute atomic E-state index is 11.2. The van der Waals surface area contributed by atoms with Gasteiger partial charge in [0.1, 0.15) is 6.07 Å². The molecule has 1 aliphatic rings. The van der Waals surface area contributed by atoms with E-state index in [2.05, 4.69) is 11.1 Å². The molecule has 3 rings (SSSR count). The molecular formula is C16H14ClN3O2. The van der Waals surface area contributed by atoms with Crippen molar-refractivity contribution in [3.05, 3.63) is 34.5 Å². The third kappa shape index (κ3) is 2.36. The van der Waals surface area contributed by atoms with Crippen molar-refractivity contribution in [2.45, 2.75) is 13.3 Å². The number of carboxylic acids is 1. The Hall–Kier alpha value is -2.32. The number of nitrogens with zero attached hydrogens (tertiary/aromatic N) is 3. The second-order valence-electron chi connectivity index (χ2n) is 5.55. The van der Waals surface area contributed by atoms with Crippen molar-refractivity contribution in [3.63, 3.8) is 0 Å². The van der Waals surface area contributed by atoms with E-state index >= 15 is 0 Å². The zero-order chi connectivity index (χ0) is 15.9. The number of carbonyl (C=O) groups is 1. The van der Waals surface area contributed by atoms with Crippen molar-refractivity contribution < 1.29 is 9.90 Å². The molecule has 0 saturated carbocycles. The molecule has 112 valence electrons. The fourth-order valence-corrected chi connectivity index (χ4v) is 3.29. The number of carboxylic acid groups (broad SMARTS) is 1. The van der Waals surface area contributed by atoms with Crippen LogP contribution in [0.15, 0.2) is 18.3 Å². The summed E-state index contributed by atoms with van der Waals surface area (Å²) >= 11 is 6.26. The van der Waals surface area contributed by atoms with E-state index in [1.54, 1.807) is 0 Å². The Morgan fingerprint density at radius 2 is 2.32 bits per heavy atom. The Labute approximate surface area is 132 Å². The van der Waals surface area contributed by atoms with Crippen molar-refractivity contribution in [1.29, 1.82) is 5.26 Å². The molecule has 1 atom stereocenters. The molecule has 1 aliphatic heterocycles. The fraction of sp³-hybridized carbons (Fsp3) is 0.312. The molecule has 2 aromatic rings. The van der Waals surface area contributed by atoms with E-state index in [9.17, 15) is 15.2 Å². The van der Waals surface area contributed by atoms with Crippen LogP contribution in [0.2, 0.25) is 5.02 Å². The first kappa shape index (κ1) is 14.6. The van der Waals surface area contributed by atoms with Gasteiger partial charge in [-0.2, -0.15) is 5.26 Å². The summed E-state index contributed by atoms with van der Waals surface area (Å²) in [5, 5.41) is 19.9. The number of nitriles is 1. The van der Waals surface area contributed by atoms with Gasteiger partial charge in [-0.15, -0.1) is 0 Å². The highest BCUT2D eigenvalue weighted by Crippen LogP contribution is 2.36. The minimum Gasteiger partial charge on any atom is -0.481 e. The summed E-state index contributed by atoms with van der Waals surface area (Å²) in [4.78, 5) is 17.4.